The van der Waals surface area contributed by atoms with Crippen LogP contribution in [0.2, 0.25) is 0 Å². The average Bonchev–Trinajstić information content (AvgIpc) is 3.28. The van der Waals surface area contributed by atoms with Crippen LogP contribution in [0.25, 0.3) is 5.52 Å². The number of piperidine rings is 1. The third kappa shape index (κ3) is 3.79. The van der Waals surface area contributed by atoms with Gasteiger partial charge in [-0.15, -0.1) is 0 Å². The van der Waals surface area contributed by atoms with Crippen molar-refractivity contribution in [3.8, 4) is 0 Å². The van der Waals surface area contributed by atoms with Crippen LogP contribution in [-0.4, -0.2) is 69.2 Å². The molecule has 1 N–H and O–H groups in total. The molecular formula is C27H33N5O3. The second-order valence-electron chi connectivity index (χ2n) is 10.1. The number of nitrogens with zero attached hydrogens (tertiary/aromatic N) is 5. The molecule has 1 unspecified atom stereocenters. The lowest BCUT2D eigenvalue weighted by molar-refractivity contribution is -0.110. The highest BCUT2D eigenvalue weighted by Gasteiger charge is 2.50. The number of morpholine rings is 1. The molecule has 1 saturated carbocycles. The van der Waals surface area contributed by atoms with Gasteiger partial charge in [-0.2, -0.15) is 0 Å². The molecular weight excluding hydrogens is 442 g/mol. The fourth-order valence-corrected chi connectivity index (χ4v) is 6.38. The number of amides is 1. The first-order valence-corrected chi connectivity index (χ1v) is 12.8. The van der Waals surface area contributed by atoms with Crippen molar-refractivity contribution in [3.63, 3.8) is 0 Å². The van der Waals surface area contributed by atoms with E-state index in [-0.39, 0.29) is 17.9 Å². The molecule has 3 aliphatic rings. The van der Waals surface area contributed by atoms with Crippen LogP contribution in [0.15, 0.2) is 42.7 Å². The van der Waals surface area contributed by atoms with Crippen molar-refractivity contribution < 1.29 is 14.6 Å². The Morgan fingerprint density at radius 1 is 1.11 bits per heavy atom. The summed E-state index contributed by atoms with van der Waals surface area (Å²) in [7, 11) is 0. The third-order valence-electron chi connectivity index (χ3n) is 8.15. The lowest BCUT2D eigenvalue weighted by Gasteiger charge is -2.52. The number of fused-ring (bicyclic) bond motifs is 2. The molecule has 3 aromatic rings. The largest absolute Gasteiger partial charge is 0.385 e. The molecule has 8 nitrogen and oxygen atoms in total. The number of aliphatic hydroxyl groups is 1. The van der Waals surface area contributed by atoms with E-state index >= 15 is 0 Å². The SMILES string of the molecule is Cc1cn2c(C(=O)N3CC[C@](O)(c4ccccc4)[C@H]4CCCCC43)nc(N3CCOCC3)c2cn1. The maximum absolute atomic E-state index is 14.1. The average molecular weight is 476 g/mol. The van der Waals surface area contributed by atoms with Gasteiger partial charge in [-0.1, -0.05) is 43.2 Å². The summed E-state index contributed by atoms with van der Waals surface area (Å²) in [5.74, 6) is 1.19. The minimum Gasteiger partial charge on any atom is -0.385 e. The van der Waals surface area contributed by atoms with E-state index in [1.165, 1.54) is 0 Å². The van der Waals surface area contributed by atoms with Crippen molar-refractivity contribution in [1.82, 2.24) is 19.3 Å². The first-order chi connectivity index (χ1) is 17.1. The number of imidazole rings is 1. The molecule has 4 heterocycles. The molecule has 0 bridgehead atoms. The van der Waals surface area contributed by atoms with E-state index in [4.69, 9.17) is 9.72 Å². The summed E-state index contributed by atoms with van der Waals surface area (Å²) in [6, 6.07) is 10.0. The van der Waals surface area contributed by atoms with Crippen molar-refractivity contribution in [1.29, 1.82) is 0 Å². The molecule has 184 valence electrons. The summed E-state index contributed by atoms with van der Waals surface area (Å²) in [5.41, 5.74) is 1.74. The molecule has 1 aliphatic carbocycles. The van der Waals surface area contributed by atoms with Gasteiger partial charge in [-0.3, -0.25) is 14.2 Å². The molecule has 3 atom stereocenters. The van der Waals surface area contributed by atoms with Gasteiger partial charge >= 0.3 is 0 Å². The molecule has 0 spiro atoms. The van der Waals surface area contributed by atoms with Gasteiger partial charge in [0.1, 0.15) is 5.52 Å². The Balaban J connectivity index is 1.37. The summed E-state index contributed by atoms with van der Waals surface area (Å²) in [4.78, 5) is 27.7. The summed E-state index contributed by atoms with van der Waals surface area (Å²) in [6.07, 6.45) is 8.23. The minimum absolute atomic E-state index is 0.00248. The van der Waals surface area contributed by atoms with Crippen LogP contribution in [-0.2, 0) is 10.3 Å². The lowest BCUT2D eigenvalue weighted by atomic mass is 9.66. The standard InChI is InChI=1S/C27H33N5O3/c1-19-18-32-23(17-28-19)24(30-13-15-35-16-14-30)29-25(32)26(33)31-12-11-27(34,20-7-3-2-4-8-20)21-9-5-6-10-22(21)31/h2-4,7-8,17-18,21-22,34H,5-6,9-16H2,1H3/t21-,22?,27-/m0/s1. The molecule has 2 saturated heterocycles. The van der Waals surface area contributed by atoms with Gasteiger partial charge in [0.25, 0.3) is 5.91 Å². The van der Waals surface area contributed by atoms with E-state index in [2.05, 4.69) is 9.88 Å². The van der Waals surface area contributed by atoms with Crippen molar-refractivity contribution in [2.45, 2.75) is 50.7 Å². The van der Waals surface area contributed by atoms with E-state index in [1.807, 2.05) is 58.9 Å². The number of anilines is 1. The molecule has 3 fully saturated rings. The lowest BCUT2D eigenvalue weighted by Crippen LogP contribution is -2.59. The van der Waals surface area contributed by atoms with Gasteiger partial charge in [-0.05, 0) is 31.7 Å². The Hall–Kier alpha value is -2.97. The molecule has 6 rings (SSSR count). The summed E-state index contributed by atoms with van der Waals surface area (Å²) >= 11 is 0. The van der Waals surface area contributed by atoms with E-state index in [1.54, 1.807) is 0 Å². The first kappa shape index (κ1) is 22.5. The van der Waals surface area contributed by atoms with Crippen LogP contribution in [0.4, 0.5) is 5.82 Å². The Kier molecular flexibility index (Phi) is 5.73. The predicted molar refractivity (Wildman–Crippen MR) is 132 cm³/mol. The van der Waals surface area contributed by atoms with Gasteiger partial charge in [0.15, 0.2) is 5.82 Å². The monoisotopic (exact) mass is 475 g/mol. The summed E-state index contributed by atoms with van der Waals surface area (Å²) < 4.78 is 7.43. The van der Waals surface area contributed by atoms with Crippen molar-refractivity contribution in [2.24, 2.45) is 5.92 Å². The van der Waals surface area contributed by atoms with Crippen LogP contribution < -0.4 is 4.90 Å². The third-order valence-corrected chi connectivity index (χ3v) is 8.15. The Labute approximate surface area is 205 Å². The van der Waals surface area contributed by atoms with Crippen molar-refractivity contribution in [2.75, 3.05) is 37.7 Å². The predicted octanol–water partition coefficient (Wildman–Crippen LogP) is 3.17. The fraction of sp³-hybridized carbons (Fsp3) is 0.519. The second kappa shape index (κ2) is 8.91. The number of aromatic nitrogens is 3. The molecule has 1 amide bonds. The number of rotatable bonds is 3. The van der Waals surface area contributed by atoms with Gasteiger partial charge in [0, 0.05) is 37.8 Å². The number of carbonyl (C=O) groups is 1. The molecule has 2 aromatic heterocycles. The van der Waals surface area contributed by atoms with Crippen LogP contribution in [0.5, 0.6) is 0 Å². The van der Waals surface area contributed by atoms with E-state index < -0.39 is 5.60 Å². The topological polar surface area (TPSA) is 83.2 Å². The van der Waals surface area contributed by atoms with Gasteiger partial charge in [0.2, 0.25) is 5.82 Å². The number of carbonyl (C=O) groups excluding carboxylic acids is 1. The van der Waals surface area contributed by atoms with E-state index in [9.17, 15) is 9.90 Å². The Morgan fingerprint density at radius 2 is 1.89 bits per heavy atom. The van der Waals surface area contributed by atoms with Gasteiger partial charge in [0.05, 0.1) is 30.7 Å². The zero-order valence-corrected chi connectivity index (χ0v) is 20.3. The van der Waals surface area contributed by atoms with Crippen molar-refractivity contribution in [3.05, 3.63) is 59.8 Å². The maximum atomic E-state index is 14.1. The molecule has 35 heavy (non-hydrogen) atoms. The van der Waals surface area contributed by atoms with E-state index in [0.29, 0.717) is 32.0 Å². The first-order valence-electron chi connectivity index (χ1n) is 12.8. The summed E-state index contributed by atoms with van der Waals surface area (Å²) in [6.45, 7) is 5.22. The van der Waals surface area contributed by atoms with Crippen LogP contribution >= 0.6 is 0 Å². The highest BCUT2D eigenvalue weighted by molar-refractivity contribution is 5.94. The molecule has 1 aromatic carbocycles. The van der Waals surface area contributed by atoms with Gasteiger partial charge < -0.3 is 19.6 Å². The van der Waals surface area contributed by atoms with Crippen LogP contribution in [0.3, 0.4) is 0 Å². The quantitative estimate of drug-likeness (QED) is 0.627. The number of likely N-dealkylation sites (tertiary alicyclic amines) is 1. The van der Waals surface area contributed by atoms with E-state index in [0.717, 1.165) is 61.4 Å². The van der Waals surface area contributed by atoms with Crippen LogP contribution in [0, 0.1) is 12.8 Å². The van der Waals surface area contributed by atoms with Gasteiger partial charge in [-0.25, -0.2) is 4.98 Å². The Bertz CT molecular complexity index is 1220. The van der Waals surface area contributed by atoms with Crippen LogP contribution in [0.1, 0.15) is 54.0 Å². The normalized spacial score (nSPS) is 27.1. The zero-order chi connectivity index (χ0) is 24.0. The molecule has 8 heteroatoms. The number of benzene rings is 1. The second-order valence-corrected chi connectivity index (χ2v) is 10.1. The van der Waals surface area contributed by atoms with Crippen molar-refractivity contribution >= 4 is 17.2 Å². The molecule has 0 radical (unpaired) electrons. The summed E-state index contributed by atoms with van der Waals surface area (Å²) in [5, 5.41) is 11.9. The zero-order valence-electron chi connectivity index (χ0n) is 20.3. The number of aryl methyl sites for hydroxylation is 1. The smallest absolute Gasteiger partial charge is 0.290 e. The Morgan fingerprint density at radius 3 is 2.69 bits per heavy atom. The number of ether oxygens (including phenoxy) is 1. The highest BCUT2D eigenvalue weighted by Crippen LogP contribution is 2.47. The maximum Gasteiger partial charge on any atom is 0.290 e. The minimum atomic E-state index is -0.905. The number of hydrogen-bond donors (Lipinski definition) is 1. The fourth-order valence-electron chi connectivity index (χ4n) is 6.38. The molecule has 2 aliphatic heterocycles. The number of hydrogen-bond acceptors (Lipinski definition) is 6. The highest BCUT2D eigenvalue weighted by atomic mass is 16.5.